The van der Waals surface area contributed by atoms with E-state index in [0.717, 1.165) is 10.4 Å². The minimum Gasteiger partial charge on any atom is -0.497 e. The molecule has 7 nitrogen and oxygen atoms in total. The minimum absolute atomic E-state index is 0.163. The molecule has 0 saturated carbocycles. The normalized spacial score (nSPS) is 14.9. The van der Waals surface area contributed by atoms with Gasteiger partial charge >= 0.3 is 5.97 Å². The van der Waals surface area contributed by atoms with Gasteiger partial charge in [0, 0.05) is 22.8 Å². The van der Waals surface area contributed by atoms with Gasteiger partial charge in [-0.2, -0.15) is 0 Å². The van der Waals surface area contributed by atoms with Crippen LogP contribution in [0.2, 0.25) is 0 Å². The van der Waals surface area contributed by atoms with Crippen LogP contribution in [0.3, 0.4) is 0 Å². The maximum atomic E-state index is 12.7. The fraction of sp³-hybridized carbons (Fsp3) is 0.280. The summed E-state index contributed by atoms with van der Waals surface area (Å²) in [7, 11) is 1.57. The number of carbonyl (C=O) groups is 2. The smallest absolute Gasteiger partial charge is 0.346 e. The number of carboxylic acid groups (broad SMARTS) is 1. The number of benzene rings is 2. The zero-order chi connectivity index (χ0) is 23.5. The number of hydrogen-bond donors (Lipinski definition) is 2. The molecule has 1 aromatic heterocycles. The second-order valence-corrected chi connectivity index (χ2v) is 8.51. The number of fused-ring (bicyclic) bond motifs is 1. The quantitative estimate of drug-likeness (QED) is 0.461. The molecule has 0 saturated heterocycles. The van der Waals surface area contributed by atoms with Crippen LogP contribution in [0, 0.1) is 0 Å². The van der Waals surface area contributed by atoms with Gasteiger partial charge < -0.3 is 24.6 Å². The van der Waals surface area contributed by atoms with Gasteiger partial charge in [0.2, 0.25) is 5.91 Å². The van der Waals surface area contributed by atoms with Crippen molar-refractivity contribution in [1.29, 1.82) is 0 Å². The minimum atomic E-state index is -1.03. The number of hydrogen-bond acceptors (Lipinski definition) is 6. The number of carboxylic acids is 1. The average Bonchev–Trinajstić information content (AvgIpc) is 3.19. The van der Waals surface area contributed by atoms with Crippen LogP contribution < -0.4 is 19.5 Å². The Morgan fingerprint density at radius 1 is 1.09 bits per heavy atom. The van der Waals surface area contributed by atoms with Gasteiger partial charge in [0.1, 0.15) is 10.6 Å². The monoisotopic (exact) mass is 467 g/mol. The molecule has 0 radical (unpaired) electrons. The Morgan fingerprint density at radius 2 is 1.79 bits per heavy atom. The van der Waals surface area contributed by atoms with Crippen LogP contribution in [0.1, 0.15) is 46.3 Å². The predicted molar refractivity (Wildman–Crippen MR) is 127 cm³/mol. The molecule has 1 atom stereocenters. The summed E-state index contributed by atoms with van der Waals surface area (Å²) in [5.74, 6) is 0.423. The molecule has 0 bridgehead atoms. The fourth-order valence-corrected chi connectivity index (χ4v) is 5.27. The number of ether oxygens (including phenoxy) is 3. The van der Waals surface area contributed by atoms with Crippen LogP contribution in [0.25, 0.3) is 11.1 Å². The first-order chi connectivity index (χ1) is 16.0. The molecule has 2 heterocycles. The molecule has 0 spiro atoms. The lowest BCUT2D eigenvalue weighted by molar-refractivity contribution is -0.116. The van der Waals surface area contributed by atoms with Gasteiger partial charge in [0.15, 0.2) is 11.5 Å². The summed E-state index contributed by atoms with van der Waals surface area (Å²) >= 11 is 1.20. The van der Waals surface area contributed by atoms with Crippen LogP contribution in [0.15, 0.2) is 42.5 Å². The Balaban J connectivity index is 1.85. The van der Waals surface area contributed by atoms with Crippen molar-refractivity contribution in [3.8, 4) is 28.4 Å². The maximum Gasteiger partial charge on any atom is 0.346 e. The fourth-order valence-electron chi connectivity index (χ4n) is 4.02. The summed E-state index contributed by atoms with van der Waals surface area (Å²) in [6.07, 6.45) is 0.216. The van der Waals surface area contributed by atoms with Gasteiger partial charge in [-0.15, -0.1) is 11.3 Å². The van der Waals surface area contributed by atoms with Crippen molar-refractivity contribution in [2.45, 2.75) is 26.2 Å². The molecule has 172 valence electrons. The Bertz CT molecular complexity index is 1180. The van der Waals surface area contributed by atoms with Gasteiger partial charge in [-0.25, -0.2) is 4.79 Å². The number of carbonyl (C=O) groups excluding carboxylic acids is 1. The standard InChI is InChI=1S/C25H25NO6S/c1-4-31-18-11-8-15(12-19(18)32-5-2)17-13-20(27)26-22-21(24(25(28)29)33-23(17)22)14-6-9-16(30-3)10-7-14/h6-12,17H,4-5,13H2,1-3H3,(H,26,27)(H,28,29)/t17-/m1/s1. The number of thiophene rings is 1. The van der Waals surface area contributed by atoms with Crippen LogP contribution in [-0.4, -0.2) is 37.3 Å². The van der Waals surface area contributed by atoms with Crippen molar-refractivity contribution < 1.29 is 28.9 Å². The van der Waals surface area contributed by atoms with E-state index in [2.05, 4.69) is 5.32 Å². The molecule has 1 amide bonds. The lowest BCUT2D eigenvalue weighted by Gasteiger charge is -2.24. The highest BCUT2D eigenvalue weighted by Gasteiger charge is 2.34. The summed E-state index contributed by atoms with van der Waals surface area (Å²) in [5, 5.41) is 12.9. The molecule has 33 heavy (non-hydrogen) atoms. The zero-order valence-electron chi connectivity index (χ0n) is 18.6. The second kappa shape index (κ2) is 9.54. The molecule has 0 unspecified atom stereocenters. The van der Waals surface area contributed by atoms with Crippen LogP contribution in [-0.2, 0) is 4.79 Å². The summed E-state index contributed by atoms with van der Waals surface area (Å²) in [4.78, 5) is 25.9. The van der Waals surface area contributed by atoms with Crippen molar-refractivity contribution in [3.63, 3.8) is 0 Å². The van der Waals surface area contributed by atoms with E-state index < -0.39 is 5.97 Å². The first-order valence-corrected chi connectivity index (χ1v) is 11.5. The highest BCUT2D eigenvalue weighted by atomic mass is 32.1. The molecule has 2 N–H and O–H groups in total. The summed E-state index contributed by atoms with van der Waals surface area (Å²) in [6.45, 7) is 4.78. The molecule has 3 aromatic rings. The number of methoxy groups -OCH3 is 1. The van der Waals surface area contributed by atoms with Crippen molar-refractivity contribution in [2.75, 3.05) is 25.6 Å². The first kappa shape index (κ1) is 22.7. The third-order valence-corrected chi connectivity index (χ3v) is 6.74. The van der Waals surface area contributed by atoms with E-state index in [1.165, 1.54) is 11.3 Å². The molecule has 0 fully saturated rings. The lowest BCUT2D eigenvalue weighted by atomic mass is 9.88. The maximum absolute atomic E-state index is 12.7. The Morgan fingerprint density at radius 3 is 2.42 bits per heavy atom. The van der Waals surface area contributed by atoms with Gasteiger partial charge in [-0.1, -0.05) is 18.2 Å². The highest BCUT2D eigenvalue weighted by molar-refractivity contribution is 7.15. The van der Waals surface area contributed by atoms with E-state index in [1.807, 2.05) is 32.0 Å². The van der Waals surface area contributed by atoms with Gasteiger partial charge in [-0.3, -0.25) is 4.79 Å². The van der Waals surface area contributed by atoms with E-state index in [0.29, 0.717) is 47.3 Å². The largest absolute Gasteiger partial charge is 0.497 e. The van der Waals surface area contributed by atoms with E-state index in [1.54, 1.807) is 31.4 Å². The molecule has 0 aliphatic carbocycles. The Labute approximate surface area is 195 Å². The third-order valence-electron chi connectivity index (χ3n) is 5.45. The average molecular weight is 468 g/mol. The molecular formula is C25H25NO6S. The SMILES string of the molecule is CCOc1ccc([C@H]2CC(=O)Nc3c2sc(C(=O)O)c3-c2ccc(OC)cc2)cc1OCC. The molecule has 1 aliphatic heterocycles. The highest BCUT2D eigenvalue weighted by Crippen LogP contribution is 2.50. The summed E-state index contributed by atoms with van der Waals surface area (Å²) in [6, 6.07) is 12.8. The van der Waals surface area contributed by atoms with E-state index >= 15 is 0 Å². The van der Waals surface area contributed by atoms with Gasteiger partial charge in [-0.05, 0) is 49.2 Å². The number of aromatic carboxylic acids is 1. The molecule has 1 aliphatic rings. The summed E-state index contributed by atoms with van der Waals surface area (Å²) < 4.78 is 16.7. The van der Waals surface area contributed by atoms with Crippen LogP contribution in [0.4, 0.5) is 5.69 Å². The van der Waals surface area contributed by atoms with Crippen LogP contribution in [0.5, 0.6) is 17.2 Å². The zero-order valence-corrected chi connectivity index (χ0v) is 19.5. The Kier molecular flexibility index (Phi) is 6.55. The van der Waals surface area contributed by atoms with Gasteiger partial charge in [0.25, 0.3) is 0 Å². The van der Waals surface area contributed by atoms with E-state index in [-0.39, 0.29) is 23.1 Å². The number of amides is 1. The Hall–Kier alpha value is -3.52. The second-order valence-electron chi connectivity index (χ2n) is 7.46. The number of anilines is 1. The van der Waals surface area contributed by atoms with Crippen molar-refractivity contribution in [2.24, 2.45) is 0 Å². The molecule has 8 heteroatoms. The first-order valence-electron chi connectivity index (χ1n) is 10.7. The molecular weight excluding hydrogens is 442 g/mol. The number of rotatable bonds is 8. The molecule has 4 rings (SSSR count). The topological polar surface area (TPSA) is 94.1 Å². The van der Waals surface area contributed by atoms with E-state index in [4.69, 9.17) is 14.2 Å². The van der Waals surface area contributed by atoms with Gasteiger partial charge in [0.05, 0.1) is 26.0 Å². The number of nitrogens with one attached hydrogen (secondary N) is 1. The van der Waals surface area contributed by atoms with E-state index in [9.17, 15) is 14.7 Å². The lowest BCUT2D eigenvalue weighted by Crippen LogP contribution is -2.22. The summed E-state index contributed by atoms with van der Waals surface area (Å²) in [5.41, 5.74) is 2.64. The van der Waals surface area contributed by atoms with Crippen LogP contribution >= 0.6 is 11.3 Å². The predicted octanol–water partition coefficient (Wildman–Crippen LogP) is 5.39. The van der Waals surface area contributed by atoms with Crippen molar-refractivity contribution >= 4 is 28.9 Å². The molecule has 2 aromatic carbocycles. The van der Waals surface area contributed by atoms with Crippen molar-refractivity contribution in [3.05, 3.63) is 57.8 Å². The van der Waals surface area contributed by atoms with Crippen molar-refractivity contribution in [1.82, 2.24) is 0 Å². The third kappa shape index (κ3) is 4.39.